The van der Waals surface area contributed by atoms with E-state index in [4.69, 9.17) is 0 Å². The Morgan fingerprint density at radius 2 is 1.68 bits per heavy atom. The molecule has 19 heavy (non-hydrogen) atoms. The standard InChI is InChI=1S/C17H28N2/c1-17(2,3)16(14-8-6-5-7-9-14)18-15-10-12-19(4)13-11-15/h5-9,15-16,18H,10-13H2,1-4H3. The van der Waals surface area contributed by atoms with Crippen LogP contribution in [-0.2, 0) is 0 Å². The van der Waals surface area contributed by atoms with E-state index in [0.29, 0.717) is 12.1 Å². The lowest BCUT2D eigenvalue weighted by molar-refractivity contribution is 0.186. The fourth-order valence-corrected chi connectivity index (χ4v) is 2.90. The fraction of sp³-hybridized carbons (Fsp3) is 0.647. The lowest BCUT2D eigenvalue weighted by Gasteiger charge is -2.38. The Morgan fingerprint density at radius 3 is 2.21 bits per heavy atom. The second-order valence-electron chi connectivity index (χ2n) is 6.95. The summed E-state index contributed by atoms with van der Waals surface area (Å²) in [4.78, 5) is 2.42. The minimum Gasteiger partial charge on any atom is -0.307 e. The van der Waals surface area contributed by atoms with Crippen molar-refractivity contribution in [1.29, 1.82) is 0 Å². The summed E-state index contributed by atoms with van der Waals surface area (Å²) in [6, 6.07) is 12.0. The normalized spacial score (nSPS) is 20.4. The quantitative estimate of drug-likeness (QED) is 0.895. The molecule has 1 fully saturated rings. The summed E-state index contributed by atoms with van der Waals surface area (Å²) in [7, 11) is 2.22. The van der Waals surface area contributed by atoms with Crippen LogP contribution in [0.4, 0.5) is 0 Å². The van der Waals surface area contributed by atoms with Gasteiger partial charge in [0, 0.05) is 12.1 Å². The van der Waals surface area contributed by atoms with Gasteiger partial charge < -0.3 is 10.2 Å². The van der Waals surface area contributed by atoms with E-state index < -0.39 is 0 Å². The number of likely N-dealkylation sites (tertiary alicyclic amines) is 1. The van der Waals surface area contributed by atoms with Gasteiger partial charge in [-0.15, -0.1) is 0 Å². The molecule has 2 heteroatoms. The molecule has 1 N–H and O–H groups in total. The number of benzene rings is 1. The van der Waals surface area contributed by atoms with Gasteiger partial charge in [-0.3, -0.25) is 0 Å². The summed E-state index contributed by atoms with van der Waals surface area (Å²) in [5.74, 6) is 0. The van der Waals surface area contributed by atoms with Gasteiger partial charge in [-0.05, 0) is 44.0 Å². The van der Waals surface area contributed by atoms with E-state index in [9.17, 15) is 0 Å². The summed E-state index contributed by atoms with van der Waals surface area (Å²) < 4.78 is 0. The van der Waals surface area contributed by atoms with Gasteiger partial charge in [-0.1, -0.05) is 51.1 Å². The van der Waals surface area contributed by atoms with Crippen molar-refractivity contribution in [3.8, 4) is 0 Å². The Kier molecular flexibility index (Phi) is 4.64. The highest BCUT2D eigenvalue weighted by Crippen LogP contribution is 2.33. The minimum absolute atomic E-state index is 0.241. The zero-order valence-corrected chi connectivity index (χ0v) is 12.8. The second kappa shape index (κ2) is 6.06. The van der Waals surface area contributed by atoms with Crippen LogP contribution in [0.1, 0.15) is 45.2 Å². The van der Waals surface area contributed by atoms with Crippen molar-refractivity contribution in [3.63, 3.8) is 0 Å². The van der Waals surface area contributed by atoms with E-state index in [0.717, 1.165) is 0 Å². The van der Waals surface area contributed by atoms with Gasteiger partial charge >= 0.3 is 0 Å². The highest BCUT2D eigenvalue weighted by atomic mass is 15.1. The molecule has 1 heterocycles. The maximum Gasteiger partial charge on any atom is 0.0371 e. The molecule has 0 bridgehead atoms. The molecule has 1 aromatic rings. The fourth-order valence-electron chi connectivity index (χ4n) is 2.90. The van der Waals surface area contributed by atoms with Crippen LogP contribution < -0.4 is 5.32 Å². The molecule has 2 rings (SSSR count). The number of hydrogen-bond donors (Lipinski definition) is 1. The SMILES string of the molecule is CN1CCC(NC(c2ccccc2)C(C)(C)C)CC1. The number of nitrogens with zero attached hydrogens (tertiary/aromatic N) is 1. The van der Waals surface area contributed by atoms with Crippen LogP contribution in [0.3, 0.4) is 0 Å². The second-order valence-corrected chi connectivity index (χ2v) is 6.95. The molecular formula is C17H28N2. The first kappa shape index (κ1) is 14.5. The van der Waals surface area contributed by atoms with Crippen LogP contribution in [0.25, 0.3) is 0 Å². The Balaban J connectivity index is 2.07. The molecular weight excluding hydrogens is 232 g/mol. The predicted octanol–water partition coefficient (Wildman–Crippen LogP) is 3.46. The number of hydrogen-bond acceptors (Lipinski definition) is 2. The summed E-state index contributed by atoms with van der Waals surface area (Å²) in [5.41, 5.74) is 1.65. The van der Waals surface area contributed by atoms with Crippen LogP contribution in [0.15, 0.2) is 30.3 Å². The van der Waals surface area contributed by atoms with Crippen molar-refractivity contribution in [2.45, 2.75) is 45.7 Å². The van der Waals surface area contributed by atoms with Gasteiger partial charge in [0.15, 0.2) is 0 Å². The molecule has 1 unspecified atom stereocenters. The molecule has 0 spiro atoms. The third-order valence-corrected chi connectivity index (χ3v) is 4.12. The third kappa shape index (κ3) is 4.05. The van der Waals surface area contributed by atoms with E-state index in [2.05, 4.69) is 68.4 Å². The van der Waals surface area contributed by atoms with Crippen LogP contribution in [0.2, 0.25) is 0 Å². The average molecular weight is 260 g/mol. The van der Waals surface area contributed by atoms with Crippen LogP contribution in [0.5, 0.6) is 0 Å². The van der Waals surface area contributed by atoms with Crippen LogP contribution in [-0.4, -0.2) is 31.1 Å². The molecule has 1 atom stereocenters. The number of rotatable bonds is 3. The molecule has 0 saturated carbocycles. The first-order valence-electron chi connectivity index (χ1n) is 7.46. The molecule has 1 saturated heterocycles. The largest absolute Gasteiger partial charge is 0.307 e. The molecule has 0 aliphatic carbocycles. The molecule has 0 amide bonds. The molecule has 1 aromatic carbocycles. The van der Waals surface area contributed by atoms with Crippen molar-refractivity contribution >= 4 is 0 Å². The lowest BCUT2D eigenvalue weighted by Crippen LogP contribution is -2.45. The minimum atomic E-state index is 0.241. The monoisotopic (exact) mass is 260 g/mol. The maximum absolute atomic E-state index is 3.91. The Hall–Kier alpha value is -0.860. The van der Waals surface area contributed by atoms with E-state index in [1.54, 1.807) is 0 Å². The Labute approximate surface area is 118 Å². The Morgan fingerprint density at radius 1 is 1.11 bits per heavy atom. The molecule has 1 aliphatic rings. The van der Waals surface area contributed by atoms with Gasteiger partial charge in [-0.25, -0.2) is 0 Å². The Bertz CT molecular complexity index is 372. The zero-order chi connectivity index (χ0) is 13.9. The molecule has 0 radical (unpaired) electrons. The number of piperidine rings is 1. The van der Waals surface area contributed by atoms with Gasteiger partial charge in [0.25, 0.3) is 0 Å². The van der Waals surface area contributed by atoms with E-state index in [1.165, 1.54) is 31.5 Å². The van der Waals surface area contributed by atoms with Gasteiger partial charge in [0.1, 0.15) is 0 Å². The lowest BCUT2D eigenvalue weighted by atomic mass is 9.81. The van der Waals surface area contributed by atoms with Crippen molar-refractivity contribution < 1.29 is 0 Å². The smallest absolute Gasteiger partial charge is 0.0371 e. The van der Waals surface area contributed by atoms with Crippen molar-refractivity contribution in [3.05, 3.63) is 35.9 Å². The van der Waals surface area contributed by atoms with Crippen LogP contribution >= 0.6 is 0 Å². The van der Waals surface area contributed by atoms with E-state index in [-0.39, 0.29) is 5.41 Å². The summed E-state index contributed by atoms with van der Waals surface area (Å²) in [6.07, 6.45) is 2.52. The average Bonchev–Trinajstić information content (AvgIpc) is 2.37. The van der Waals surface area contributed by atoms with Crippen LogP contribution in [0, 0.1) is 5.41 Å². The molecule has 106 valence electrons. The van der Waals surface area contributed by atoms with Crippen molar-refractivity contribution in [1.82, 2.24) is 10.2 Å². The van der Waals surface area contributed by atoms with Gasteiger partial charge in [0.05, 0.1) is 0 Å². The predicted molar refractivity (Wildman–Crippen MR) is 82.3 cm³/mol. The zero-order valence-electron chi connectivity index (χ0n) is 12.8. The molecule has 1 aliphatic heterocycles. The first-order valence-corrected chi connectivity index (χ1v) is 7.46. The van der Waals surface area contributed by atoms with E-state index in [1.807, 2.05) is 0 Å². The maximum atomic E-state index is 3.91. The third-order valence-electron chi connectivity index (χ3n) is 4.12. The van der Waals surface area contributed by atoms with Gasteiger partial charge in [0.2, 0.25) is 0 Å². The van der Waals surface area contributed by atoms with Crippen molar-refractivity contribution in [2.75, 3.05) is 20.1 Å². The number of nitrogens with one attached hydrogen (secondary N) is 1. The van der Waals surface area contributed by atoms with Gasteiger partial charge in [-0.2, -0.15) is 0 Å². The topological polar surface area (TPSA) is 15.3 Å². The summed E-state index contributed by atoms with van der Waals surface area (Å²) >= 11 is 0. The first-order chi connectivity index (χ1) is 8.97. The summed E-state index contributed by atoms with van der Waals surface area (Å²) in [5, 5.41) is 3.91. The highest BCUT2D eigenvalue weighted by molar-refractivity contribution is 5.21. The van der Waals surface area contributed by atoms with E-state index >= 15 is 0 Å². The molecule has 2 nitrogen and oxygen atoms in total. The summed E-state index contributed by atoms with van der Waals surface area (Å²) in [6.45, 7) is 9.40. The van der Waals surface area contributed by atoms with Crippen molar-refractivity contribution in [2.24, 2.45) is 5.41 Å². The molecule has 0 aromatic heterocycles. The highest BCUT2D eigenvalue weighted by Gasteiger charge is 2.29.